The molecule has 1 amide bonds. The number of ether oxygens (including phenoxy) is 9. The smallest absolute Gasteiger partial charge is 0.226 e. The molecule has 25 atom stereocenters. The highest BCUT2D eigenvalue weighted by atomic mass is 16.8. The zero-order valence-corrected chi connectivity index (χ0v) is 34.3. The Bertz CT molecular complexity index is 1430. The molecule has 0 spiro atoms. The average molecular weight is 894 g/mol. The van der Waals surface area contributed by atoms with Crippen LogP contribution in [0.2, 0.25) is 0 Å². The van der Waals surface area contributed by atoms with Gasteiger partial charge < -0.3 is 119 Å². The van der Waals surface area contributed by atoms with E-state index in [1.54, 1.807) is 20.8 Å². The highest BCUT2D eigenvalue weighted by Gasteiger charge is 2.62. The molecule has 356 valence electrons. The van der Waals surface area contributed by atoms with Crippen molar-refractivity contribution in [3.63, 3.8) is 0 Å². The molecule has 5 fully saturated rings. The maximum atomic E-state index is 13.0. The highest BCUT2D eigenvalue weighted by Crippen LogP contribution is 2.42. The Morgan fingerprint density at radius 3 is 1.54 bits per heavy atom. The van der Waals surface area contributed by atoms with Crippen molar-refractivity contribution < 1.29 is 119 Å². The Balaban J connectivity index is 1.59. The van der Waals surface area contributed by atoms with Crippen molar-refractivity contribution in [2.75, 3.05) is 19.8 Å². The monoisotopic (exact) mass is 893 g/mol. The molecule has 0 aromatic heterocycles. The molecule has 0 radical (unpaired) electrons. The molecule has 5 aliphatic heterocycles. The van der Waals surface area contributed by atoms with Crippen LogP contribution in [0, 0.1) is 5.41 Å². The van der Waals surface area contributed by atoms with Gasteiger partial charge in [0.2, 0.25) is 11.7 Å². The number of nitrogens with one attached hydrogen (secondary N) is 1. The zero-order chi connectivity index (χ0) is 45.6. The number of carbonyl (C=O) groups is 1. The maximum absolute atomic E-state index is 13.0. The number of rotatable bonds is 12. The van der Waals surface area contributed by atoms with Crippen LogP contribution in [0.4, 0.5) is 0 Å². The maximum Gasteiger partial charge on any atom is 0.226 e. The molecule has 25 heteroatoms. The molecule has 0 aromatic rings. The molecule has 25 nitrogen and oxygen atoms in total. The van der Waals surface area contributed by atoms with E-state index in [1.165, 1.54) is 13.8 Å². The lowest BCUT2D eigenvalue weighted by atomic mass is 9.79. The molecule has 5 heterocycles. The topological polar surface area (TPSA) is 395 Å². The summed E-state index contributed by atoms with van der Waals surface area (Å²) in [7, 11) is 0. The SMILES string of the molecule is CC(=O)NC1[C@H](O[C@]2(O)C(CO)O[C@@H](C(C)(C)C)C(O)[C@H]2O)OC(CO)[C@@H](O[C@@H]2OC(C)[C@@H](O)C(O)[C@H]2O)[C@@H]1O[C@@H]1OC(CO)[C@H](O)[C@H](O)C1OC1OC(C)[C@@H](O)[C@H](O)C1O. The van der Waals surface area contributed by atoms with Crippen LogP contribution >= 0.6 is 0 Å². The molecule has 11 unspecified atom stereocenters. The Hall–Kier alpha value is -1.45. The number of amides is 1. The van der Waals surface area contributed by atoms with E-state index in [0.717, 1.165) is 6.92 Å². The summed E-state index contributed by atoms with van der Waals surface area (Å²) in [6, 6.07) is -1.85. The minimum atomic E-state index is -3.06. The van der Waals surface area contributed by atoms with E-state index in [4.69, 9.17) is 42.6 Å². The molecule has 61 heavy (non-hydrogen) atoms. The van der Waals surface area contributed by atoms with E-state index >= 15 is 0 Å². The lowest BCUT2D eigenvalue weighted by Gasteiger charge is -2.54. The second-order valence-corrected chi connectivity index (χ2v) is 17.2. The lowest BCUT2D eigenvalue weighted by Crippen LogP contribution is -2.74. The third kappa shape index (κ3) is 10.2. The van der Waals surface area contributed by atoms with Crippen LogP contribution in [0.15, 0.2) is 0 Å². The molecule has 5 saturated heterocycles. The first-order valence-corrected chi connectivity index (χ1v) is 20.0. The molecule has 15 N–H and O–H groups in total. The summed E-state index contributed by atoms with van der Waals surface area (Å²) in [6.07, 6.45) is -41.2. The van der Waals surface area contributed by atoms with Gasteiger partial charge in [-0.15, -0.1) is 0 Å². The Morgan fingerprint density at radius 2 is 1.07 bits per heavy atom. The summed E-state index contributed by atoms with van der Waals surface area (Å²) in [6.45, 7) is 5.64. The van der Waals surface area contributed by atoms with Gasteiger partial charge in [0.05, 0.1) is 38.1 Å². The van der Waals surface area contributed by atoms with E-state index in [0.29, 0.717) is 0 Å². The van der Waals surface area contributed by atoms with Crippen LogP contribution < -0.4 is 5.32 Å². The first-order chi connectivity index (χ1) is 28.4. The van der Waals surface area contributed by atoms with Crippen molar-refractivity contribution in [3.05, 3.63) is 0 Å². The van der Waals surface area contributed by atoms with Crippen molar-refractivity contribution in [1.82, 2.24) is 5.32 Å². The second-order valence-electron chi connectivity index (χ2n) is 17.2. The summed E-state index contributed by atoms with van der Waals surface area (Å²) < 4.78 is 53.0. The Morgan fingerprint density at radius 1 is 0.574 bits per heavy atom. The van der Waals surface area contributed by atoms with Crippen LogP contribution in [-0.2, 0) is 47.4 Å². The van der Waals surface area contributed by atoms with Crippen molar-refractivity contribution in [1.29, 1.82) is 0 Å². The molecular weight excluding hydrogens is 830 g/mol. The third-order valence-electron chi connectivity index (χ3n) is 11.7. The third-order valence-corrected chi connectivity index (χ3v) is 11.7. The molecule has 0 bridgehead atoms. The van der Waals surface area contributed by atoms with Crippen LogP contribution in [-0.4, -0.2) is 250 Å². The largest absolute Gasteiger partial charge is 0.394 e. The number of aliphatic hydroxyl groups excluding tert-OH is 13. The molecule has 0 aliphatic carbocycles. The Kier molecular flexibility index (Phi) is 16.5. The quantitative estimate of drug-likeness (QED) is 0.0809. The van der Waals surface area contributed by atoms with Gasteiger partial charge in [-0.3, -0.25) is 4.79 Å². The van der Waals surface area contributed by atoms with Gasteiger partial charge in [0.15, 0.2) is 25.2 Å². The zero-order valence-electron chi connectivity index (χ0n) is 34.3. The molecule has 5 aliphatic rings. The number of hydrogen-bond donors (Lipinski definition) is 15. The van der Waals surface area contributed by atoms with Gasteiger partial charge in [0, 0.05) is 6.92 Å². The number of hydrogen-bond acceptors (Lipinski definition) is 24. The first-order valence-electron chi connectivity index (χ1n) is 20.0. The molecular formula is C36H63NO24. The van der Waals surface area contributed by atoms with Crippen molar-refractivity contribution >= 4 is 5.91 Å². The normalized spacial score (nSPS) is 51.2. The van der Waals surface area contributed by atoms with E-state index in [9.17, 15) is 76.3 Å². The fourth-order valence-corrected chi connectivity index (χ4v) is 8.07. The minimum Gasteiger partial charge on any atom is -0.394 e. The molecule has 0 aromatic carbocycles. The van der Waals surface area contributed by atoms with E-state index < -0.39 is 184 Å². The molecule has 5 rings (SSSR count). The highest BCUT2D eigenvalue weighted by molar-refractivity contribution is 5.73. The first kappa shape index (κ1) is 50.5. The fourth-order valence-electron chi connectivity index (χ4n) is 8.07. The van der Waals surface area contributed by atoms with Gasteiger partial charge >= 0.3 is 0 Å². The van der Waals surface area contributed by atoms with Crippen LogP contribution in [0.3, 0.4) is 0 Å². The standard InChI is InChI=1S/C36H63NO24/c1-10-17(42)20(45)23(48)32(53-10)58-26-14(8-39)56-31(61-36(52)15(9-40)57-30(35(4,5)6)25(50)29(36)51)16(37-12(3)41)27(26)59-34-28(22(47)19(44)13(7-38)55-34)60-33-24(49)21(46)18(43)11(2)54-33/h10-11,13-34,38-40,42-52H,7-9H2,1-6H3,(H,37,41)/t10?,11?,13?,14?,15?,16?,17-,18-,19+,20?,21+,22+,23-,24?,25?,26-,27-,28?,29-,30-,31+,32+,33?,34+,36-/m1/s1. The summed E-state index contributed by atoms with van der Waals surface area (Å²) >= 11 is 0. The summed E-state index contributed by atoms with van der Waals surface area (Å²) in [5.41, 5.74) is -0.870. The fraction of sp³-hybridized carbons (Fsp3) is 0.972. The van der Waals surface area contributed by atoms with E-state index in [-0.39, 0.29) is 0 Å². The van der Waals surface area contributed by atoms with Crippen molar-refractivity contribution in [2.24, 2.45) is 5.41 Å². The van der Waals surface area contributed by atoms with Crippen molar-refractivity contribution in [3.8, 4) is 0 Å². The minimum absolute atomic E-state index is 0.863. The average Bonchev–Trinajstić information content (AvgIpc) is 3.20. The van der Waals surface area contributed by atoms with Crippen LogP contribution in [0.25, 0.3) is 0 Å². The number of aliphatic hydroxyl groups is 14. The van der Waals surface area contributed by atoms with Gasteiger partial charge in [-0.1, -0.05) is 20.8 Å². The summed E-state index contributed by atoms with van der Waals surface area (Å²) in [4.78, 5) is 13.0. The molecule has 0 saturated carbocycles. The Labute approximate surface area is 349 Å². The summed E-state index contributed by atoms with van der Waals surface area (Å²) in [5, 5.41) is 154. The van der Waals surface area contributed by atoms with Gasteiger partial charge in [-0.25, -0.2) is 0 Å². The van der Waals surface area contributed by atoms with E-state index in [2.05, 4.69) is 5.32 Å². The summed E-state index contributed by atoms with van der Waals surface area (Å²) in [5.74, 6) is -3.92. The predicted molar refractivity (Wildman–Crippen MR) is 194 cm³/mol. The van der Waals surface area contributed by atoms with Gasteiger partial charge in [0.25, 0.3) is 0 Å². The van der Waals surface area contributed by atoms with Gasteiger partial charge in [-0.2, -0.15) is 0 Å². The van der Waals surface area contributed by atoms with Crippen LogP contribution in [0.5, 0.6) is 0 Å². The van der Waals surface area contributed by atoms with Crippen molar-refractivity contribution in [2.45, 2.75) is 195 Å². The number of carbonyl (C=O) groups excluding carboxylic acids is 1. The van der Waals surface area contributed by atoms with Crippen LogP contribution in [0.1, 0.15) is 41.5 Å². The second kappa shape index (κ2) is 20.0. The lowest BCUT2D eigenvalue weighted by molar-refractivity contribution is -0.433. The van der Waals surface area contributed by atoms with E-state index in [1.807, 2.05) is 0 Å². The van der Waals surface area contributed by atoms with Gasteiger partial charge in [0.1, 0.15) is 104 Å². The predicted octanol–water partition coefficient (Wildman–Crippen LogP) is -8.31. The van der Waals surface area contributed by atoms with Gasteiger partial charge in [-0.05, 0) is 19.3 Å².